The molecule has 2 aromatic rings. The quantitative estimate of drug-likeness (QED) is 0.766. The molecule has 5 heteroatoms. The van der Waals surface area contributed by atoms with Crippen LogP contribution in [-0.4, -0.2) is 21.4 Å². The van der Waals surface area contributed by atoms with Crippen LogP contribution in [0.1, 0.15) is 24.7 Å². The summed E-state index contributed by atoms with van der Waals surface area (Å²) in [6, 6.07) is 7.33. The molecule has 17 heavy (non-hydrogen) atoms. The van der Waals surface area contributed by atoms with Crippen LogP contribution in [0.5, 0.6) is 0 Å². The number of nitrogen functional groups attached to an aromatic ring is 1. The fourth-order valence-corrected chi connectivity index (χ4v) is 1.94. The molecule has 0 radical (unpaired) electrons. The van der Waals surface area contributed by atoms with E-state index in [0.29, 0.717) is 30.2 Å². The van der Waals surface area contributed by atoms with Crippen molar-refractivity contribution in [3.63, 3.8) is 0 Å². The normalized spacial score (nSPS) is 23.4. The third-order valence-electron chi connectivity index (χ3n) is 3.07. The first-order valence-electron chi connectivity index (χ1n) is 5.60. The molecule has 1 aliphatic rings. The van der Waals surface area contributed by atoms with Crippen molar-refractivity contribution in [3.05, 3.63) is 30.2 Å². The topological polar surface area (TPSA) is 85.2 Å². The summed E-state index contributed by atoms with van der Waals surface area (Å²) in [4.78, 5) is 4.34. The van der Waals surface area contributed by atoms with Crippen molar-refractivity contribution in [2.24, 2.45) is 0 Å². The number of hydrogen-bond donors (Lipinski definition) is 2. The summed E-state index contributed by atoms with van der Waals surface area (Å²) in [5.74, 6) is 1.39. The Hall–Kier alpha value is -1.88. The summed E-state index contributed by atoms with van der Waals surface area (Å²) < 4.78 is 5.20. The van der Waals surface area contributed by atoms with Crippen LogP contribution >= 0.6 is 0 Å². The summed E-state index contributed by atoms with van der Waals surface area (Å²) in [5.41, 5.74) is 7.20. The highest BCUT2D eigenvalue weighted by Crippen LogP contribution is 2.36. The standard InChI is InChI=1S/C12H13N3O2/c13-9-3-1-7(2-4-9)11-14-12(17-15-11)8-5-10(16)6-8/h1-4,8,10,16H,5-6,13H2. The van der Waals surface area contributed by atoms with Gasteiger partial charge in [0.25, 0.3) is 0 Å². The molecule has 1 aromatic carbocycles. The lowest BCUT2D eigenvalue weighted by molar-refractivity contribution is 0.0625. The number of aliphatic hydroxyl groups is 1. The van der Waals surface area contributed by atoms with Crippen LogP contribution in [0.15, 0.2) is 28.8 Å². The Kier molecular flexibility index (Phi) is 2.33. The Balaban J connectivity index is 1.82. The van der Waals surface area contributed by atoms with E-state index in [0.717, 1.165) is 5.56 Å². The number of nitrogens with two attached hydrogens (primary N) is 1. The van der Waals surface area contributed by atoms with E-state index in [4.69, 9.17) is 10.3 Å². The van der Waals surface area contributed by atoms with Crippen LogP contribution in [0.3, 0.4) is 0 Å². The molecule has 1 aromatic heterocycles. The molecule has 0 unspecified atom stereocenters. The van der Waals surface area contributed by atoms with Gasteiger partial charge in [-0.25, -0.2) is 0 Å². The maximum atomic E-state index is 9.23. The number of nitrogens with zero attached hydrogens (tertiary/aromatic N) is 2. The zero-order valence-corrected chi connectivity index (χ0v) is 9.21. The van der Waals surface area contributed by atoms with Crippen molar-refractivity contribution in [2.45, 2.75) is 24.9 Å². The Morgan fingerprint density at radius 1 is 1.24 bits per heavy atom. The summed E-state index contributed by atoms with van der Waals surface area (Å²) in [6.45, 7) is 0. The number of hydrogen-bond acceptors (Lipinski definition) is 5. The second kappa shape index (κ2) is 3.85. The highest BCUT2D eigenvalue weighted by molar-refractivity contribution is 5.58. The Bertz CT molecular complexity index is 515. The third kappa shape index (κ3) is 1.89. The first-order valence-corrected chi connectivity index (χ1v) is 5.60. The monoisotopic (exact) mass is 231 g/mol. The van der Waals surface area contributed by atoms with E-state index in [9.17, 15) is 5.11 Å². The molecule has 1 heterocycles. The van der Waals surface area contributed by atoms with Gasteiger partial charge in [-0.15, -0.1) is 0 Å². The summed E-state index contributed by atoms with van der Waals surface area (Å²) in [5, 5.41) is 13.2. The van der Waals surface area contributed by atoms with Gasteiger partial charge in [0.15, 0.2) is 0 Å². The van der Waals surface area contributed by atoms with Crippen LogP contribution in [-0.2, 0) is 0 Å². The summed E-state index contributed by atoms with van der Waals surface area (Å²) in [7, 11) is 0. The Morgan fingerprint density at radius 3 is 2.59 bits per heavy atom. The molecule has 3 rings (SSSR count). The lowest BCUT2D eigenvalue weighted by atomic mass is 9.82. The zero-order chi connectivity index (χ0) is 11.8. The van der Waals surface area contributed by atoms with Crippen LogP contribution in [0, 0.1) is 0 Å². The Morgan fingerprint density at radius 2 is 1.94 bits per heavy atom. The van der Waals surface area contributed by atoms with E-state index < -0.39 is 0 Å². The summed E-state index contributed by atoms with van der Waals surface area (Å²) in [6.07, 6.45) is 1.21. The largest absolute Gasteiger partial charge is 0.399 e. The van der Waals surface area contributed by atoms with Gasteiger partial charge in [-0.3, -0.25) is 0 Å². The average molecular weight is 231 g/mol. The second-order valence-corrected chi connectivity index (χ2v) is 4.40. The molecule has 3 N–H and O–H groups in total. The minimum atomic E-state index is -0.216. The van der Waals surface area contributed by atoms with E-state index in [-0.39, 0.29) is 12.0 Å². The highest BCUT2D eigenvalue weighted by Gasteiger charge is 2.33. The number of benzene rings is 1. The fraction of sp³-hybridized carbons (Fsp3) is 0.333. The van der Waals surface area contributed by atoms with Gasteiger partial charge < -0.3 is 15.4 Å². The van der Waals surface area contributed by atoms with E-state index in [1.165, 1.54) is 0 Å². The molecule has 1 aliphatic carbocycles. The van der Waals surface area contributed by atoms with Crippen molar-refractivity contribution in [1.29, 1.82) is 0 Å². The van der Waals surface area contributed by atoms with Crippen LogP contribution < -0.4 is 5.73 Å². The van der Waals surface area contributed by atoms with Gasteiger partial charge in [0, 0.05) is 17.2 Å². The molecule has 0 spiro atoms. The molecular weight excluding hydrogens is 218 g/mol. The van der Waals surface area contributed by atoms with Crippen molar-refractivity contribution in [1.82, 2.24) is 10.1 Å². The molecule has 0 aliphatic heterocycles. The fourth-order valence-electron chi connectivity index (χ4n) is 1.94. The zero-order valence-electron chi connectivity index (χ0n) is 9.21. The SMILES string of the molecule is Nc1ccc(-c2noc(C3CC(O)C3)n2)cc1. The van der Waals surface area contributed by atoms with Crippen molar-refractivity contribution >= 4 is 5.69 Å². The summed E-state index contributed by atoms with van der Waals surface area (Å²) >= 11 is 0. The van der Waals surface area contributed by atoms with Crippen molar-refractivity contribution in [2.75, 3.05) is 5.73 Å². The van der Waals surface area contributed by atoms with Gasteiger partial charge in [0.1, 0.15) is 0 Å². The maximum Gasteiger partial charge on any atom is 0.230 e. The number of anilines is 1. The van der Waals surface area contributed by atoms with Gasteiger partial charge in [-0.2, -0.15) is 4.98 Å². The van der Waals surface area contributed by atoms with Gasteiger partial charge >= 0.3 is 0 Å². The van der Waals surface area contributed by atoms with E-state index in [2.05, 4.69) is 10.1 Å². The minimum Gasteiger partial charge on any atom is -0.399 e. The molecule has 5 nitrogen and oxygen atoms in total. The van der Waals surface area contributed by atoms with Crippen molar-refractivity contribution in [3.8, 4) is 11.4 Å². The van der Waals surface area contributed by atoms with Crippen LogP contribution in [0.4, 0.5) is 5.69 Å². The predicted molar refractivity (Wildman–Crippen MR) is 62.1 cm³/mol. The first kappa shape index (κ1) is 10.3. The minimum absolute atomic E-state index is 0.208. The average Bonchev–Trinajstić information content (AvgIpc) is 2.75. The van der Waals surface area contributed by atoms with Gasteiger partial charge in [0.05, 0.1) is 6.10 Å². The predicted octanol–water partition coefficient (Wildman–Crippen LogP) is 1.56. The maximum absolute atomic E-state index is 9.23. The molecule has 88 valence electrons. The van der Waals surface area contributed by atoms with Gasteiger partial charge in [0.2, 0.25) is 11.7 Å². The molecule has 0 amide bonds. The van der Waals surface area contributed by atoms with Crippen LogP contribution in [0.2, 0.25) is 0 Å². The number of aromatic nitrogens is 2. The number of aliphatic hydroxyl groups excluding tert-OH is 1. The van der Waals surface area contributed by atoms with E-state index in [1.807, 2.05) is 12.1 Å². The van der Waals surface area contributed by atoms with Gasteiger partial charge in [-0.05, 0) is 37.1 Å². The Labute approximate surface area is 98.3 Å². The second-order valence-electron chi connectivity index (χ2n) is 4.40. The molecule has 0 bridgehead atoms. The molecular formula is C12H13N3O2. The lowest BCUT2D eigenvalue weighted by Gasteiger charge is -2.27. The first-order chi connectivity index (χ1) is 8.22. The molecule has 0 atom stereocenters. The number of rotatable bonds is 2. The van der Waals surface area contributed by atoms with Crippen LogP contribution in [0.25, 0.3) is 11.4 Å². The lowest BCUT2D eigenvalue weighted by Crippen LogP contribution is -2.26. The highest BCUT2D eigenvalue weighted by atomic mass is 16.5. The van der Waals surface area contributed by atoms with E-state index >= 15 is 0 Å². The molecule has 1 saturated carbocycles. The van der Waals surface area contributed by atoms with Gasteiger partial charge in [-0.1, -0.05) is 5.16 Å². The third-order valence-corrected chi connectivity index (χ3v) is 3.07. The van der Waals surface area contributed by atoms with E-state index in [1.54, 1.807) is 12.1 Å². The van der Waals surface area contributed by atoms with Crippen molar-refractivity contribution < 1.29 is 9.63 Å². The molecule has 1 fully saturated rings. The molecule has 0 saturated heterocycles. The smallest absolute Gasteiger partial charge is 0.230 e.